The van der Waals surface area contributed by atoms with Gasteiger partial charge in [-0.3, -0.25) is 4.79 Å². The van der Waals surface area contributed by atoms with E-state index in [4.69, 9.17) is 0 Å². The monoisotopic (exact) mass is 262 g/mol. The highest BCUT2D eigenvalue weighted by atomic mass is 16.3. The lowest BCUT2D eigenvalue weighted by Gasteiger charge is -2.18. The van der Waals surface area contributed by atoms with E-state index in [2.05, 4.69) is 26.0 Å². The second kappa shape index (κ2) is 7.44. The van der Waals surface area contributed by atoms with Crippen molar-refractivity contribution in [2.75, 3.05) is 0 Å². The fraction of sp³-hybridized carbons (Fsp3) is 0.588. The lowest BCUT2D eigenvalue weighted by atomic mass is 9.91. The van der Waals surface area contributed by atoms with Crippen LogP contribution < -0.4 is 0 Å². The average Bonchev–Trinajstić information content (AvgIpc) is 2.40. The summed E-state index contributed by atoms with van der Waals surface area (Å²) < 4.78 is 0. The van der Waals surface area contributed by atoms with E-state index in [0.717, 1.165) is 18.4 Å². The Morgan fingerprint density at radius 1 is 1.11 bits per heavy atom. The van der Waals surface area contributed by atoms with E-state index in [1.165, 1.54) is 5.56 Å². The molecule has 2 heteroatoms. The minimum Gasteiger partial charge on any atom is -0.385 e. The minimum absolute atomic E-state index is 0.0639. The molecule has 1 aromatic carbocycles. The summed E-state index contributed by atoms with van der Waals surface area (Å²) in [6.45, 7) is 8.33. The zero-order valence-electron chi connectivity index (χ0n) is 12.5. The predicted octanol–water partition coefficient (Wildman–Crippen LogP) is 3.72. The smallest absolute Gasteiger partial charge is 0.165 e. The molecule has 1 aromatic rings. The van der Waals surface area contributed by atoms with Gasteiger partial charge in [-0.1, -0.05) is 64.8 Å². The zero-order valence-corrected chi connectivity index (χ0v) is 12.5. The van der Waals surface area contributed by atoms with Crippen LogP contribution in [0.3, 0.4) is 0 Å². The molecule has 106 valence electrons. The second-order valence-electron chi connectivity index (χ2n) is 5.56. The highest BCUT2D eigenvalue weighted by molar-refractivity contribution is 5.85. The van der Waals surface area contributed by atoms with E-state index < -0.39 is 6.10 Å². The summed E-state index contributed by atoms with van der Waals surface area (Å²) in [6, 6.07) is 8.12. The fourth-order valence-corrected chi connectivity index (χ4v) is 2.32. The van der Waals surface area contributed by atoms with Crippen molar-refractivity contribution >= 4 is 5.78 Å². The molecule has 1 rings (SSSR count). The van der Waals surface area contributed by atoms with E-state index in [1.807, 2.05) is 26.0 Å². The van der Waals surface area contributed by atoms with Gasteiger partial charge in [0.05, 0.1) is 0 Å². The molecule has 0 aliphatic carbocycles. The van der Waals surface area contributed by atoms with Crippen LogP contribution in [0, 0.1) is 5.92 Å². The Hall–Kier alpha value is -1.15. The van der Waals surface area contributed by atoms with Crippen molar-refractivity contribution in [2.24, 2.45) is 5.92 Å². The van der Waals surface area contributed by atoms with Crippen LogP contribution in [0.1, 0.15) is 57.6 Å². The van der Waals surface area contributed by atoms with Gasteiger partial charge in [-0.2, -0.15) is 0 Å². The number of rotatable bonds is 7. The summed E-state index contributed by atoms with van der Waals surface area (Å²) in [5.74, 6) is 0.522. The average molecular weight is 262 g/mol. The van der Waals surface area contributed by atoms with Crippen molar-refractivity contribution in [3.8, 4) is 0 Å². The summed E-state index contributed by atoms with van der Waals surface area (Å²) >= 11 is 0. The molecule has 2 nitrogen and oxygen atoms in total. The van der Waals surface area contributed by atoms with Crippen LogP contribution in [0.5, 0.6) is 0 Å². The third-order valence-electron chi connectivity index (χ3n) is 3.85. The number of carbonyl (C=O) groups is 1. The van der Waals surface area contributed by atoms with E-state index in [1.54, 1.807) is 0 Å². The van der Waals surface area contributed by atoms with Gasteiger partial charge in [0.15, 0.2) is 5.78 Å². The van der Waals surface area contributed by atoms with E-state index in [9.17, 15) is 9.90 Å². The van der Waals surface area contributed by atoms with E-state index in [-0.39, 0.29) is 11.7 Å². The van der Waals surface area contributed by atoms with Gasteiger partial charge in [0.25, 0.3) is 0 Å². The number of aliphatic hydroxyl groups excluding tert-OH is 1. The van der Waals surface area contributed by atoms with Crippen LogP contribution in [-0.4, -0.2) is 17.0 Å². The van der Waals surface area contributed by atoms with Crippen molar-refractivity contribution in [3.63, 3.8) is 0 Å². The molecular weight excluding hydrogens is 236 g/mol. The molecule has 0 heterocycles. The van der Waals surface area contributed by atoms with Gasteiger partial charge in [-0.25, -0.2) is 0 Å². The summed E-state index contributed by atoms with van der Waals surface area (Å²) in [4.78, 5) is 12.0. The molecule has 0 saturated carbocycles. The van der Waals surface area contributed by atoms with Crippen LogP contribution >= 0.6 is 0 Å². The quantitative estimate of drug-likeness (QED) is 0.813. The Morgan fingerprint density at radius 2 is 1.63 bits per heavy atom. The maximum absolute atomic E-state index is 12.0. The van der Waals surface area contributed by atoms with Gasteiger partial charge in [0.2, 0.25) is 0 Å². The number of aliphatic hydroxyl groups is 1. The van der Waals surface area contributed by atoms with E-state index in [0.29, 0.717) is 12.3 Å². The highest BCUT2D eigenvalue weighted by Gasteiger charge is 2.23. The molecule has 0 aliphatic heterocycles. The first-order valence-electron chi connectivity index (χ1n) is 7.29. The Morgan fingerprint density at radius 3 is 2.05 bits per heavy atom. The molecule has 0 bridgehead atoms. The molecule has 19 heavy (non-hydrogen) atoms. The number of benzene rings is 1. The third-order valence-corrected chi connectivity index (χ3v) is 3.85. The topological polar surface area (TPSA) is 37.3 Å². The number of Topliss-reactive ketones (excluding diaryl/α,β-unsaturated/α-hetero) is 1. The molecule has 1 atom stereocenters. The van der Waals surface area contributed by atoms with Gasteiger partial charge >= 0.3 is 0 Å². The number of hydrogen-bond donors (Lipinski definition) is 1. The van der Waals surface area contributed by atoms with E-state index >= 15 is 0 Å². The van der Waals surface area contributed by atoms with Gasteiger partial charge in [-0.05, 0) is 23.0 Å². The lowest BCUT2D eigenvalue weighted by Crippen LogP contribution is -2.30. The zero-order chi connectivity index (χ0) is 14.4. The summed E-state index contributed by atoms with van der Waals surface area (Å²) in [7, 11) is 0. The molecule has 1 unspecified atom stereocenters. The number of ketones is 1. The van der Waals surface area contributed by atoms with Crippen molar-refractivity contribution in [1.29, 1.82) is 0 Å². The molecule has 0 amide bonds. The molecule has 0 saturated heterocycles. The molecule has 0 aromatic heterocycles. The van der Waals surface area contributed by atoms with Crippen LogP contribution in [-0.2, 0) is 11.2 Å². The largest absolute Gasteiger partial charge is 0.385 e. The molecular formula is C17H26O2. The predicted molar refractivity (Wildman–Crippen MR) is 79.3 cm³/mol. The summed E-state index contributed by atoms with van der Waals surface area (Å²) in [5, 5.41) is 10.0. The maximum atomic E-state index is 12.0. The van der Waals surface area contributed by atoms with Gasteiger partial charge in [0, 0.05) is 6.42 Å². The maximum Gasteiger partial charge on any atom is 0.165 e. The Bertz CT molecular complexity index is 388. The SMILES string of the molecule is CCC(CC)C(O)C(=O)Cc1ccc(C(C)C)cc1. The van der Waals surface area contributed by atoms with Crippen LogP contribution in [0.25, 0.3) is 0 Å². The lowest BCUT2D eigenvalue weighted by molar-refractivity contribution is -0.129. The van der Waals surface area contributed by atoms with Crippen molar-refractivity contribution in [2.45, 2.75) is 59.0 Å². The molecule has 0 spiro atoms. The first-order valence-corrected chi connectivity index (χ1v) is 7.29. The minimum atomic E-state index is -0.820. The molecule has 0 aliphatic rings. The Kier molecular flexibility index (Phi) is 6.23. The third kappa shape index (κ3) is 4.46. The standard InChI is InChI=1S/C17H26O2/c1-5-14(6-2)17(19)16(18)11-13-7-9-15(10-8-13)12(3)4/h7-10,12,14,17,19H,5-6,11H2,1-4H3. The summed E-state index contributed by atoms with van der Waals surface area (Å²) in [5.41, 5.74) is 2.26. The number of hydrogen-bond acceptors (Lipinski definition) is 2. The molecule has 1 N–H and O–H groups in total. The van der Waals surface area contributed by atoms with Crippen molar-refractivity contribution in [1.82, 2.24) is 0 Å². The van der Waals surface area contributed by atoms with Gasteiger partial charge in [0.1, 0.15) is 6.10 Å². The Labute approximate surface area is 116 Å². The van der Waals surface area contributed by atoms with Crippen LogP contribution in [0.15, 0.2) is 24.3 Å². The molecule has 0 fully saturated rings. The van der Waals surface area contributed by atoms with Gasteiger partial charge in [-0.15, -0.1) is 0 Å². The normalized spacial score (nSPS) is 13.0. The van der Waals surface area contributed by atoms with Crippen LogP contribution in [0.2, 0.25) is 0 Å². The van der Waals surface area contributed by atoms with Crippen molar-refractivity contribution in [3.05, 3.63) is 35.4 Å². The first-order chi connectivity index (χ1) is 8.99. The Balaban J connectivity index is 2.66. The fourth-order valence-electron chi connectivity index (χ4n) is 2.32. The molecule has 0 radical (unpaired) electrons. The second-order valence-corrected chi connectivity index (χ2v) is 5.56. The number of carbonyl (C=O) groups excluding carboxylic acids is 1. The summed E-state index contributed by atoms with van der Waals surface area (Å²) in [6.07, 6.45) is 1.20. The van der Waals surface area contributed by atoms with Crippen LogP contribution in [0.4, 0.5) is 0 Å². The first kappa shape index (κ1) is 15.9. The highest BCUT2D eigenvalue weighted by Crippen LogP contribution is 2.18. The van der Waals surface area contributed by atoms with Crippen molar-refractivity contribution < 1.29 is 9.90 Å². The van der Waals surface area contributed by atoms with Gasteiger partial charge < -0.3 is 5.11 Å².